The molecule has 1 aliphatic heterocycles. The van der Waals surface area contributed by atoms with Crippen molar-refractivity contribution in [2.45, 2.75) is 18.6 Å². The Kier molecular flexibility index (Phi) is 2.04. The Morgan fingerprint density at radius 2 is 2.40 bits per heavy atom. The van der Waals surface area contributed by atoms with E-state index in [1.165, 1.54) is 0 Å². The van der Waals surface area contributed by atoms with Crippen molar-refractivity contribution in [2.75, 3.05) is 6.54 Å². The fraction of sp³-hybridized carbons (Fsp3) is 0.571. The van der Waals surface area contributed by atoms with E-state index in [1.54, 1.807) is 11.8 Å². The first kappa shape index (κ1) is 7.66. The molecule has 0 spiro atoms. The van der Waals surface area contributed by atoms with Crippen LogP contribution < -0.4 is 5.73 Å². The van der Waals surface area contributed by atoms with E-state index >= 15 is 0 Å². The van der Waals surface area contributed by atoms with Gasteiger partial charge in [0, 0.05) is 4.75 Å². The van der Waals surface area contributed by atoms with Crippen molar-refractivity contribution in [3.63, 3.8) is 0 Å². The summed E-state index contributed by atoms with van der Waals surface area (Å²) in [5, 5.41) is 0.690. The molecule has 1 rings (SSSR count). The number of thioether (sulfide) groups is 1. The van der Waals surface area contributed by atoms with Crippen molar-refractivity contribution in [1.82, 2.24) is 0 Å². The summed E-state index contributed by atoms with van der Waals surface area (Å²) in [5.74, 6) is 0. The van der Waals surface area contributed by atoms with Gasteiger partial charge in [-0.3, -0.25) is 4.99 Å². The van der Waals surface area contributed by atoms with Gasteiger partial charge < -0.3 is 5.73 Å². The smallest absolute Gasteiger partial charge is 0.155 e. The monoisotopic (exact) mass is 156 g/mol. The lowest BCUT2D eigenvalue weighted by atomic mass is 10.2. The van der Waals surface area contributed by atoms with Crippen molar-refractivity contribution in [3.05, 3.63) is 12.2 Å². The Bertz CT molecular complexity index is 182. The maximum atomic E-state index is 5.58. The summed E-state index contributed by atoms with van der Waals surface area (Å²) in [6.45, 7) is 4.98. The zero-order valence-corrected chi connectivity index (χ0v) is 7.11. The van der Waals surface area contributed by atoms with Crippen LogP contribution in [0.3, 0.4) is 0 Å². The summed E-state index contributed by atoms with van der Waals surface area (Å²) in [4.78, 5) is 4.09. The van der Waals surface area contributed by atoms with Crippen molar-refractivity contribution < 1.29 is 0 Å². The molecule has 0 atom stereocenters. The van der Waals surface area contributed by atoms with Gasteiger partial charge >= 0.3 is 0 Å². The Hall–Kier alpha value is -0.440. The molecular weight excluding hydrogens is 144 g/mol. The zero-order chi connectivity index (χ0) is 7.61. The predicted molar refractivity (Wildman–Crippen MR) is 47.3 cm³/mol. The van der Waals surface area contributed by atoms with Crippen LogP contribution in [-0.2, 0) is 0 Å². The first-order valence-corrected chi connectivity index (χ1v) is 4.08. The van der Waals surface area contributed by atoms with E-state index in [0.29, 0.717) is 5.17 Å². The fourth-order valence-corrected chi connectivity index (χ4v) is 1.66. The molecule has 10 heavy (non-hydrogen) atoms. The second kappa shape index (κ2) is 2.66. The lowest BCUT2D eigenvalue weighted by Crippen LogP contribution is -2.17. The average Bonchev–Trinajstić information content (AvgIpc) is 1.90. The lowest BCUT2D eigenvalue weighted by molar-refractivity contribution is 0.902. The van der Waals surface area contributed by atoms with Crippen molar-refractivity contribution in [1.29, 1.82) is 0 Å². The summed E-state index contributed by atoms with van der Waals surface area (Å²) in [6.07, 6.45) is 4.19. The predicted octanol–water partition coefficient (Wildman–Crippen LogP) is 1.38. The molecule has 56 valence electrons. The van der Waals surface area contributed by atoms with E-state index < -0.39 is 0 Å². The molecule has 3 heteroatoms. The highest BCUT2D eigenvalue weighted by molar-refractivity contribution is 8.15. The fourth-order valence-electron chi connectivity index (χ4n) is 0.815. The summed E-state index contributed by atoms with van der Waals surface area (Å²) < 4.78 is 0.115. The van der Waals surface area contributed by atoms with E-state index in [0.717, 1.165) is 6.54 Å². The van der Waals surface area contributed by atoms with Crippen LogP contribution in [0.5, 0.6) is 0 Å². The third kappa shape index (κ3) is 2.06. The number of nitrogens with two attached hydrogens (primary N) is 1. The number of hydrogen-bond acceptors (Lipinski definition) is 3. The molecule has 2 N–H and O–H groups in total. The highest BCUT2D eigenvalue weighted by atomic mass is 32.2. The molecule has 0 amide bonds. The molecule has 0 aromatic carbocycles. The van der Waals surface area contributed by atoms with Crippen LogP contribution in [-0.4, -0.2) is 16.5 Å². The molecule has 0 aromatic rings. The van der Waals surface area contributed by atoms with Crippen LogP contribution in [0.4, 0.5) is 0 Å². The first-order valence-electron chi connectivity index (χ1n) is 3.27. The van der Waals surface area contributed by atoms with Crippen LogP contribution in [0.15, 0.2) is 17.1 Å². The van der Waals surface area contributed by atoms with E-state index in [-0.39, 0.29) is 4.75 Å². The molecule has 0 aliphatic carbocycles. The van der Waals surface area contributed by atoms with Crippen molar-refractivity contribution in [2.24, 2.45) is 10.7 Å². The topological polar surface area (TPSA) is 38.4 Å². The molecule has 0 bridgehead atoms. The summed E-state index contributed by atoms with van der Waals surface area (Å²) >= 11 is 1.61. The highest BCUT2D eigenvalue weighted by Crippen LogP contribution is 2.26. The van der Waals surface area contributed by atoms with Gasteiger partial charge in [-0.05, 0) is 13.8 Å². The summed E-state index contributed by atoms with van der Waals surface area (Å²) in [7, 11) is 0. The third-order valence-corrected chi connectivity index (χ3v) is 2.24. The van der Waals surface area contributed by atoms with Gasteiger partial charge in [-0.15, -0.1) is 0 Å². The van der Waals surface area contributed by atoms with E-state index in [2.05, 4.69) is 24.9 Å². The minimum absolute atomic E-state index is 0.115. The second-order valence-electron chi connectivity index (χ2n) is 2.79. The number of hydrogen-bond donors (Lipinski definition) is 1. The van der Waals surface area contributed by atoms with E-state index in [4.69, 9.17) is 5.73 Å². The summed E-state index contributed by atoms with van der Waals surface area (Å²) in [5.41, 5.74) is 5.58. The summed E-state index contributed by atoms with van der Waals surface area (Å²) in [6, 6.07) is 0. The van der Waals surface area contributed by atoms with E-state index in [1.807, 2.05) is 6.08 Å². The van der Waals surface area contributed by atoms with Gasteiger partial charge in [0.1, 0.15) is 0 Å². The molecule has 1 heterocycles. The molecule has 0 fully saturated rings. The van der Waals surface area contributed by atoms with Gasteiger partial charge in [0.15, 0.2) is 5.17 Å². The Morgan fingerprint density at radius 1 is 1.70 bits per heavy atom. The zero-order valence-electron chi connectivity index (χ0n) is 6.29. The Balaban J connectivity index is 2.74. The number of amidine groups is 1. The van der Waals surface area contributed by atoms with Crippen molar-refractivity contribution >= 4 is 16.9 Å². The number of aliphatic imine (C=N–C) groups is 1. The molecule has 0 saturated carbocycles. The SMILES string of the molecule is CC1(C)C=CCN=C(N)S1. The number of nitrogens with zero attached hydrogens (tertiary/aromatic N) is 1. The van der Waals surface area contributed by atoms with Crippen molar-refractivity contribution in [3.8, 4) is 0 Å². The minimum atomic E-state index is 0.115. The standard InChI is InChI=1S/C7H12N2S/c1-7(2)4-3-5-9-6(8)10-7/h3-4H,5H2,1-2H3,(H2,8,9). The van der Waals surface area contributed by atoms with Gasteiger partial charge in [-0.1, -0.05) is 23.9 Å². The number of rotatable bonds is 0. The normalized spacial score (nSPS) is 23.6. The van der Waals surface area contributed by atoms with Gasteiger partial charge in [0.05, 0.1) is 6.54 Å². The van der Waals surface area contributed by atoms with Gasteiger partial charge in [0.2, 0.25) is 0 Å². The Labute approximate surface area is 65.6 Å². The average molecular weight is 156 g/mol. The lowest BCUT2D eigenvalue weighted by Gasteiger charge is -2.16. The second-order valence-corrected chi connectivity index (χ2v) is 4.46. The van der Waals surface area contributed by atoms with Gasteiger partial charge in [-0.25, -0.2) is 0 Å². The first-order chi connectivity index (χ1) is 4.60. The van der Waals surface area contributed by atoms with Gasteiger partial charge in [-0.2, -0.15) is 0 Å². The highest BCUT2D eigenvalue weighted by Gasteiger charge is 2.17. The molecule has 0 unspecified atom stereocenters. The van der Waals surface area contributed by atoms with Crippen LogP contribution in [0.1, 0.15) is 13.8 Å². The Morgan fingerprint density at radius 3 is 3.10 bits per heavy atom. The van der Waals surface area contributed by atoms with Crippen LogP contribution in [0.2, 0.25) is 0 Å². The molecular formula is C7H12N2S. The molecule has 0 saturated heterocycles. The third-order valence-electron chi connectivity index (χ3n) is 1.24. The maximum Gasteiger partial charge on any atom is 0.155 e. The largest absolute Gasteiger partial charge is 0.379 e. The van der Waals surface area contributed by atoms with Crippen LogP contribution in [0, 0.1) is 0 Å². The van der Waals surface area contributed by atoms with E-state index in [9.17, 15) is 0 Å². The molecule has 1 aliphatic rings. The molecule has 0 radical (unpaired) electrons. The van der Waals surface area contributed by atoms with Crippen LogP contribution >= 0.6 is 11.8 Å². The maximum absolute atomic E-state index is 5.58. The molecule has 2 nitrogen and oxygen atoms in total. The van der Waals surface area contributed by atoms with Crippen LogP contribution in [0.25, 0.3) is 0 Å². The quantitative estimate of drug-likeness (QED) is 0.538. The minimum Gasteiger partial charge on any atom is -0.379 e. The van der Waals surface area contributed by atoms with Gasteiger partial charge in [0.25, 0.3) is 0 Å². The molecule has 0 aromatic heterocycles.